The number of carbonyl (C=O) groups is 1. The van der Waals surface area contributed by atoms with Crippen molar-refractivity contribution in [2.45, 2.75) is 25.8 Å². The lowest BCUT2D eigenvalue weighted by molar-refractivity contribution is -0.136. The molecule has 8 heteroatoms. The number of nitrogens with zero attached hydrogens (tertiary/aromatic N) is 2. The summed E-state index contributed by atoms with van der Waals surface area (Å²) in [5, 5.41) is 1.07. The first-order valence-corrected chi connectivity index (χ1v) is 10.6. The highest BCUT2D eigenvalue weighted by Gasteiger charge is 2.36. The molecule has 1 amide bonds. The second-order valence-corrected chi connectivity index (χ2v) is 8.72. The van der Waals surface area contributed by atoms with Gasteiger partial charge in [0.15, 0.2) is 6.61 Å². The average Bonchev–Trinajstić information content (AvgIpc) is 2.73. The minimum absolute atomic E-state index is 0.0168. The van der Waals surface area contributed by atoms with Crippen LogP contribution in [0.3, 0.4) is 0 Å². The van der Waals surface area contributed by atoms with Gasteiger partial charge in [-0.25, -0.2) is 4.79 Å². The van der Waals surface area contributed by atoms with E-state index in [9.17, 15) is 14.4 Å². The van der Waals surface area contributed by atoms with Gasteiger partial charge in [0.2, 0.25) is 0 Å². The highest BCUT2D eigenvalue weighted by molar-refractivity contribution is 6.32. The van der Waals surface area contributed by atoms with Gasteiger partial charge in [-0.1, -0.05) is 17.7 Å². The molecule has 2 aliphatic heterocycles. The van der Waals surface area contributed by atoms with E-state index in [0.717, 1.165) is 23.1 Å². The topological polar surface area (TPSA) is 81.8 Å². The third-order valence-corrected chi connectivity index (χ3v) is 6.48. The molecule has 0 saturated carbocycles. The standard InChI is InChI=1S/C23H21ClN2O5/c1-13-5-23(29)31-19-8-20(17(24)7-16(13)19)30-12-22(28)25-9-14-6-15(11-25)18-3-2-4-21(27)26(18)10-14/h2-5,7-8,14-15H,6,9-12H2,1H3/t14-,15+/m0/s1. The van der Waals surface area contributed by atoms with Gasteiger partial charge in [0.05, 0.1) is 5.02 Å². The van der Waals surface area contributed by atoms with Crippen LogP contribution in [0.4, 0.5) is 0 Å². The van der Waals surface area contributed by atoms with Crippen molar-refractivity contribution in [3.8, 4) is 5.75 Å². The summed E-state index contributed by atoms with van der Waals surface area (Å²) in [6.45, 7) is 3.42. The monoisotopic (exact) mass is 440 g/mol. The minimum atomic E-state index is -0.450. The third-order valence-electron chi connectivity index (χ3n) is 6.19. The Morgan fingerprint density at radius 3 is 2.87 bits per heavy atom. The fraction of sp³-hybridized carbons (Fsp3) is 0.348. The van der Waals surface area contributed by atoms with E-state index in [1.165, 1.54) is 6.07 Å². The fourth-order valence-corrected chi connectivity index (χ4v) is 4.98. The molecule has 1 aromatic carbocycles. The highest BCUT2D eigenvalue weighted by Crippen LogP contribution is 2.35. The lowest BCUT2D eigenvalue weighted by Crippen LogP contribution is -2.50. The summed E-state index contributed by atoms with van der Waals surface area (Å²) >= 11 is 6.33. The summed E-state index contributed by atoms with van der Waals surface area (Å²) in [6, 6.07) is 9.96. The number of likely N-dealkylation sites (tertiary alicyclic amines) is 1. The summed E-state index contributed by atoms with van der Waals surface area (Å²) in [4.78, 5) is 38.5. The molecule has 0 aliphatic carbocycles. The maximum Gasteiger partial charge on any atom is 0.336 e. The van der Waals surface area contributed by atoms with E-state index in [1.807, 2.05) is 10.6 Å². The van der Waals surface area contributed by atoms with Gasteiger partial charge in [-0.3, -0.25) is 9.59 Å². The molecule has 0 spiro atoms. The number of amides is 1. The molecule has 2 aromatic heterocycles. The number of aromatic nitrogens is 1. The van der Waals surface area contributed by atoms with E-state index in [0.29, 0.717) is 36.0 Å². The van der Waals surface area contributed by atoms with Gasteiger partial charge < -0.3 is 18.6 Å². The zero-order chi connectivity index (χ0) is 21.7. The Balaban J connectivity index is 1.32. The van der Waals surface area contributed by atoms with Crippen LogP contribution in [0.2, 0.25) is 5.02 Å². The Hall–Kier alpha value is -3.06. The molecule has 3 aromatic rings. The second-order valence-electron chi connectivity index (χ2n) is 8.31. The van der Waals surface area contributed by atoms with Crippen LogP contribution in [0.15, 0.2) is 50.4 Å². The number of fused-ring (bicyclic) bond motifs is 5. The van der Waals surface area contributed by atoms with E-state index in [2.05, 4.69) is 0 Å². The van der Waals surface area contributed by atoms with Crippen LogP contribution in [0.25, 0.3) is 11.0 Å². The van der Waals surface area contributed by atoms with Crippen molar-refractivity contribution < 1.29 is 13.9 Å². The number of halogens is 1. The summed E-state index contributed by atoms with van der Waals surface area (Å²) in [7, 11) is 0. The molecular formula is C23H21ClN2O5. The van der Waals surface area contributed by atoms with Crippen molar-refractivity contribution in [3.05, 3.63) is 73.5 Å². The smallest absolute Gasteiger partial charge is 0.336 e. The Labute approximate surface area is 182 Å². The lowest BCUT2D eigenvalue weighted by atomic mass is 9.83. The van der Waals surface area contributed by atoms with Crippen LogP contribution in [0.1, 0.15) is 23.6 Å². The molecular weight excluding hydrogens is 420 g/mol. The van der Waals surface area contributed by atoms with E-state index in [-0.39, 0.29) is 29.9 Å². The molecule has 7 nitrogen and oxygen atoms in total. The zero-order valence-electron chi connectivity index (χ0n) is 17.0. The van der Waals surface area contributed by atoms with Crippen molar-refractivity contribution in [3.63, 3.8) is 0 Å². The summed E-state index contributed by atoms with van der Waals surface area (Å²) in [5.74, 6) is 0.553. The van der Waals surface area contributed by atoms with Crippen LogP contribution in [0.5, 0.6) is 5.75 Å². The van der Waals surface area contributed by atoms with Gasteiger partial charge in [0, 0.05) is 54.8 Å². The predicted molar refractivity (Wildman–Crippen MR) is 116 cm³/mol. The number of hydrogen-bond acceptors (Lipinski definition) is 5. The Morgan fingerprint density at radius 2 is 2.03 bits per heavy atom. The maximum atomic E-state index is 12.9. The molecule has 160 valence electrons. The average molecular weight is 441 g/mol. The molecule has 0 radical (unpaired) electrons. The molecule has 31 heavy (non-hydrogen) atoms. The summed E-state index contributed by atoms with van der Waals surface area (Å²) < 4.78 is 12.8. The number of ether oxygens (including phenoxy) is 1. The molecule has 2 atom stereocenters. The molecule has 4 heterocycles. The van der Waals surface area contributed by atoms with Crippen molar-refractivity contribution in [2.24, 2.45) is 5.92 Å². The highest BCUT2D eigenvalue weighted by atomic mass is 35.5. The van der Waals surface area contributed by atoms with Gasteiger partial charge in [-0.05, 0) is 37.0 Å². The fourth-order valence-electron chi connectivity index (χ4n) is 4.76. The quantitative estimate of drug-likeness (QED) is 0.585. The van der Waals surface area contributed by atoms with Gasteiger partial charge in [0.25, 0.3) is 11.5 Å². The van der Waals surface area contributed by atoms with Gasteiger partial charge in [0.1, 0.15) is 11.3 Å². The van der Waals surface area contributed by atoms with Crippen LogP contribution in [0, 0.1) is 12.8 Å². The van der Waals surface area contributed by atoms with Crippen molar-refractivity contribution in [2.75, 3.05) is 19.7 Å². The van der Waals surface area contributed by atoms with Gasteiger partial charge in [-0.15, -0.1) is 0 Å². The summed E-state index contributed by atoms with van der Waals surface area (Å²) in [5.41, 5.74) is 1.68. The number of rotatable bonds is 3. The predicted octanol–water partition coefficient (Wildman–Crippen LogP) is 2.94. The zero-order valence-corrected chi connectivity index (χ0v) is 17.7. The Bertz CT molecular complexity index is 1310. The van der Waals surface area contributed by atoms with Crippen LogP contribution < -0.4 is 15.9 Å². The van der Waals surface area contributed by atoms with E-state index in [1.54, 1.807) is 36.1 Å². The van der Waals surface area contributed by atoms with Crippen molar-refractivity contribution in [1.82, 2.24) is 9.47 Å². The SMILES string of the molecule is Cc1cc(=O)oc2cc(OCC(=O)N3C[C@@H]4C[C@H](C3)c3cccc(=O)n3C4)c(Cl)cc12. The van der Waals surface area contributed by atoms with Gasteiger partial charge >= 0.3 is 5.63 Å². The normalized spacial score (nSPS) is 19.9. The minimum Gasteiger partial charge on any atom is -0.482 e. The molecule has 2 aliphatic rings. The molecule has 0 unspecified atom stereocenters. The van der Waals surface area contributed by atoms with E-state index < -0.39 is 5.63 Å². The number of benzene rings is 1. The van der Waals surface area contributed by atoms with Gasteiger partial charge in [-0.2, -0.15) is 0 Å². The first-order valence-electron chi connectivity index (χ1n) is 10.2. The third kappa shape index (κ3) is 3.63. The number of hydrogen-bond donors (Lipinski definition) is 0. The Morgan fingerprint density at radius 1 is 1.19 bits per heavy atom. The largest absolute Gasteiger partial charge is 0.482 e. The first-order chi connectivity index (χ1) is 14.9. The van der Waals surface area contributed by atoms with Crippen molar-refractivity contribution in [1.29, 1.82) is 0 Å². The summed E-state index contributed by atoms with van der Waals surface area (Å²) in [6.07, 6.45) is 0.975. The van der Waals surface area contributed by atoms with Crippen LogP contribution in [-0.2, 0) is 11.3 Å². The molecule has 0 N–H and O–H groups in total. The van der Waals surface area contributed by atoms with Crippen molar-refractivity contribution >= 4 is 28.5 Å². The number of aryl methyl sites for hydroxylation is 1. The Kier molecular flexibility index (Phi) is 4.85. The molecule has 5 rings (SSSR count). The number of piperidine rings is 1. The maximum absolute atomic E-state index is 12.9. The number of pyridine rings is 1. The van der Waals surface area contributed by atoms with E-state index in [4.69, 9.17) is 20.8 Å². The van der Waals surface area contributed by atoms with E-state index >= 15 is 0 Å². The lowest BCUT2D eigenvalue weighted by Gasteiger charge is -2.42. The van der Waals surface area contributed by atoms with Crippen LogP contribution in [-0.4, -0.2) is 35.1 Å². The second kappa shape index (κ2) is 7.57. The van der Waals surface area contributed by atoms with Crippen LogP contribution >= 0.6 is 11.6 Å². The molecule has 2 bridgehead atoms. The number of carbonyl (C=O) groups excluding carboxylic acids is 1. The molecule has 1 fully saturated rings. The molecule has 1 saturated heterocycles. The first kappa shape index (κ1) is 19.9.